The van der Waals surface area contributed by atoms with Crippen LogP contribution in [0, 0.1) is 5.92 Å². The van der Waals surface area contributed by atoms with Crippen LogP contribution in [0.15, 0.2) is 24.3 Å². The Kier molecular flexibility index (Phi) is 5.23. The van der Waals surface area contributed by atoms with Crippen LogP contribution >= 0.6 is 0 Å². The molecular weight excluding hydrogens is 236 g/mol. The molecule has 3 nitrogen and oxygen atoms in total. The molecule has 1 saturated heterocycles. The highest BCUT2D eigenvalue weighted by Gasteiger charge is 2.27. The highest BCUT2D eigenvalue weighted by molar-refractivity contribution is 5.29. The second-order valence-corrected chi connectivity index (χ2v) is 5.40. The fourth-order valence-electron chi connectivity index (χ4n) is 3.13. The molecule has 3 heteroatoms. The van der Waals surface area contributed by atoms with E-state index >= 15 is 0 Å². The lowest BCUT2D eigenvalue weighted by atomic mass is 10.0. The smallest absolute Gasteiger partial charge is 0.118 e. The molecule has 0 aliphatic carbocycles. The van der Waals surface area contributed by atoms with E-state index in [2.05, 4.69) is 41.4 Å². The van der Waals surface area contributed by atoms with Crippen molar-refractivity contribution in [1.29, 1.82) is 0 Å². The van der Waals surface area contributed by atoms with Crippen molar-refractivity contribution < 1.29 is 4.74 Å². The molecule has 1 aromatic carbocycles. The van der Waals surface area contributed by atoms with Gasteiger partial charge < -0.3 is 10.1 Å². The Bertz CT molecular complexity index is 377. The summed E-state index contributed by atoms with van der Waals surface area (Å²) in [6, 6.07) is 9.10. The number of hydrogen-bond acceptors (Lipinski definition) is 3. The lowest BCUT2D eigenvalue weighted by Gasteiger charge is -2.27. The van der Waals surface area contributed by atoms with Crippen molar-refractivity contribution >= 4 is 0 Å². The third-order valence-corrected chi connectivity index (χ3v) is 4.14. The van der Waals surface area contributed by atoms with Crippen molar-refractivity contribution in [2.75, 3.05) is 33.8 Å². The minimum Gasteiger partial charge on any atom is -0.497 e. The zero-order valence-electron chi connectivity index (χ0n) is 12.4. The second-order valence-electron chi connectivity index (χ2n) is 5.40. The molecule has 1 N–H and O–H groups in total. The molecule has 2 atom stereocenters. The van der Waals surface area contributed by atoms with E-state index in [9.17, 15) is 0 Å². The maximum atomic E-state index is 5.24. The predicted octanol–water partition coefficient (Wildman–Crippen LogP) is 2.69. The van der Waals surface area contributed by atoms with E-state index in [1.54, 1.807) is 7.11 Å². The predicted molar refractivity (Wildman–Crippen MR) is 79.6 cm³/mol. The first-order valence-corrected chi connectivity index (χ1v) is 7.31. The van der Waals surface area contributed by atoms with Crippen molar-refractivity contribution in [2.45, 2.75) is 25.8 Å². The van der Waals surface area contributed by atoms with Crippen molar-refractivity contribution in [3.05, 3.63) is 29.8 Å². The normalized spacial score (nSPS) is 21.5. The van der Waals surface area contributed by atoms with Crippen LogP contribution in [0.3, 0.4) is 0 Å². The maximum Gasteiger partial charge on any atom is 0.118 e. The molecule has 0 aromatic heterocycles. The third-order valence-electron chi connectivity index (χ3n) is 4.14. The molecular formula is C16H26N2O. The van der Waals surface area contributed by atoms with Gasteiger partial charge in [-0.2, -0.15) is 0 Å². The number of methoxy groups -OCH3 is 1. The number of ether oxygens (including phenoxy) is 1. The highest BCUT2D eigenvalue weighted by Crippen LogP contribution is 2.30. The largest absolute Gasteiger partial charge is 0.497 e. The van der Waals surface area contributed by atoms with Gasteiger partial charge in [0, 0.05) is 12.6 Å². The molecule has 1 heterocycles. The van der Waals surface area contributed by atoms with Crippen LogP contribution in [-0.4, -0.2) is 38.7 Å². The van der Waals surface area contributed by atoms with Gasteiger partial charge in [0.25, 0.3) is 0 Å². The lowest BCUT2D eigenvalue weighted by Crippen LogP contribution is -2.28. The van der Waals surface area contributed by atoms with E-state index in [0.717, 1.165) is 18.2 Å². The SMILES string of the molecule is CCC(c1ccc(OC)cc1)N1CCC(CNC)C1. The van der Waals surface area contributed by atoms with Gasteiger partial charge in [-0.25, -0.2) is 0 Å². The molecule has 1 aliphatic rings. The van der Waals surface area contributed by atoms with Gasteiger partial charge in [0.2, 0.25) is 0 Å². The summed E-state index contributed by atoms with van der Waals surface area (Å²) in [6.45, 7) is 5.85. The van der Waals surface area contributed by atoms with Gasteiger partial charge in [0.15, 0.2) is 0 Å². The first-order valence-electron chi connectivity index (χ1n) is 7.31. The Morgan fingerprint density at radius 3 is 2.68 bits per heavy atom. The summed E-state index contributed by atoms with van der Waals surface area (Å²) < 4.78 is 5.24. The second kappa shape index (κ2) is 6.92. The highest BCUT2D eigenvalue weighted by atomic mass is 16.5. The van der Waals surface area contributed by atoms with E-state index in [1.807, 2.05) is 7.05 Å². The van der Waals surface area contributed by atoms with Gasteiger partial charge in [-0.1, -0.05) is 19.1 Å². The van der Waals surface area contributed by atoms with E-state index in [0.29, 0.717) is 6.04 Å². The van der Waals surface area contributed by atoms with Gasteiger partial charge in [0.05, 0.1) is 7.11 Å². The number of nitrogens with one attached hydrogen (secondary N) is 1. The van der Waals surface area contributed by atoms with Gasteiger partial charge in [-0.3, -0.25) is 4.90 Å². The van der Waals surface area contributed by atoms with Crippen LogP contribution in [-0.2, 0) is 0 Å². The van der Waals surface area contributed by atoms with E-state index < -0.39 is 0 Å². The topological polar surface area (TPSA) is 24.5 Å². The molecule has 1 aromatic rings. The van der Waals surface area contributed by atoms with E-state index in [-0.39, 0.29) is 0 Å². The molecule has 0 spiro atoms. The van der Waals surface area contributed by atoms with Gasteiger partial charge in [-0.05, 0) is 56.6 Å². The summed E-state index contributed by atoms with van der Waals surface area (Å²) >= 11 is 0. The third kappa shape index (κ3) is 3.48. The van der Waals surface area contributed by atoms with Crippen molar-refractivity contribution in [1.82, 2.24) is 10.2 Å². The molecule has 0 saturated carbocycles. The Balaban J connectivity index is 2.03. The van der Waals surface area contributed by atoms with E-state index in [1.165, 1.54) is 31.5 Å². The summed E-state index contributed by atoms with van der Waals surface area (Å²) in [6.07, 6.45) is 2.48. The molecule has 2 rings (SSSR count). The summed E-state index contributed by atoms with van der Waals surface area (Å²) in [4.78, 5) is 2.63. The fourth-order valence-corrected chi connectivity index (χ4v) is 3.13. The maximum absolute atomic E-state index is 5.24. The summed E-state index contributed by atoms with van der Waals surface area (Å²) in [5, 5.41) is 3.30. The average Bonchev–Trinajstić information content (AvgIpc) is 2.89. The standard InChI is InChI=1S/C16H26N2O/c1-4-16(14-5-7-15(19-3)8-6-14)18-10-9-13(12-18)11-17-2/h5-8,13,16-17H,4,9-12H2,1-3H3. The van der Waals surface area contributed by atoms with Crippen LogP contribution in [0.25, 0.3) is 0 Å². The summed E-state index contributed by atoms with van der Waals surface area (Å²) in [5.41, 5.74) is 1.41. The molecule has 0 radical (unpaired) electrons. The van der Waals surface area contributed by atoms with Crippen molar-refractivity contribution in [3.8, 4) is 5.75 Å². The van der Waals surface area contributed by atoms with Crippen LogP contribution in [0.5, 0.6) is 5.75 Å². The molecule has 1 fully saturated rings. The number of benzene rings is 1. The summed E-state index contributed by atoms with van der Waals surface area (Å²) in [5.74, 6) is 1.74. The molecule has 0 amide bonds. The average molecular weight is 262 g/mol. The number of nitrogens with zero attached hydrogens (tertiary/aromatic N) is 1. The Hall–Kier alpha value is -1.06. The van der Waals surface area contributed by atoms with Crippen molar-refractivity contribution in [3.63, 3.8) is 0 Å². The number of hydrogen-bond donors (Lipinski definition) is 1. The first-order chi connectivity index (χ1) is 9.28. The minimum absolute atomic E-state index is 0.549. The summed E-state index contributed by atoms with van der Waals surface area (Å²) in [7, 11) is 3.76. The number of likely N-dealkylation sites (tertiary alicyclic amines) is 1. The molecule has 19 heavy (non-hydrogen) atoms. The molecule has 2 unspecified atom stereocenters. The molecule has 0 bridgehead atoms. The van der Waals surface area contributed by atoms with Gasteiger partial charge >= 0.3 is 0 Å². The number of rotatable bonds is 6. The fraction of sp³-hybridized carbons (Fsp3) is 0.625. The molecule has 1 aliphatic heterocycles. The quantitative estimate of drug-likeness (QED) is 0.853. The zero-order valence-corrected chi connectivity index (χ0v) is 12.4. The Labute approximate surface area is 116 Å². The zero-order chi connectivity index (χ0) is 13.7. The van der Waals surface area contributed by atoms with Crippen LogP contribution in [0.1, 0.15) is 31.4 Å². The van der Waals surface area contributed by atoms with Crippen LogP contribution in [0.2, 0.25) is 0 Å². The van der Waals surface area contributed by atoms with Crippen molar-refractivity contribution in [2.24, 2.45) is 5.92 Å². The first kappa shape index (κ1) is 14.4. The Morgan fingerprint density at radius 1 is 1.37 bits per heavy atom. The molecule has 106 valence electrons. The van der Waals surface area contributed by atoms with E-state index in [4.69, 9.17) is 4.74 Å². The van der Waals surface area contributed by atoms with Gasteiger partial charge in [-0.15, -0.1) is 0 Å². The Morgan fingerprint density at radius 2 is 2.11 bits per heavy atom. The monoisotopic (exact) mass is 262 g/mol. The minimum atomic E-state index is 0.549. The van der Waals surface area contributed by atoms with Crippen LogP contribution in [0.4, 0.5) is 0 Å². The lowest BCUT2D eigenvalue weighted by molar-refractivity contribution is 0.230. The van der Waals surface area contributed by atoms with Crippen LogP contribution < -0.4 is 10.1 Å². The van der Waals surface area contributed by atoms with Gasteiger partial charge in [0.1, 0.15) is 5.75 Å².